The maximum Gasteiger partial charge on any atom is 0.255 e. The molecule has 2 heterocycles. The predicted octanol–water partition coefficient (Wildman–Crippen LogP) is 5.05. The van der Waals surface area contributed by atoms with Gasteiger partial charge in [0.25, 0.3) is 5.91 Å². The minimum Gasteiger partial charge on any atom is -0.322 e. The Labute approximate surface area is 230 Å². The summed E-state index contributed by atoms with van der Waals surface area (Å²) in [4.78, 5) is 39.4. The van der Waals surface area contributed by atoms with Crippen LogP contribution in [0.25, 0.3) is 0 Å². The Morgan fingerprint density at radius 3 is 2.76 bits per heavy atom. The lowest BCUT2D eigenvalue weighted by molar-refractivity contribution is -0.136. The van der Waals surface area contributed by atoms with Crippen molar-refractivity contribution in [3.8, 4) is 0 Å². The van der Waals surface area contributed by atoms with Crippen molar-refractivity contribution in [3.05, 3.63) is 29.3 Å². The molecule has 1 aromatic rings. The van der Waals surface area contributed by atoms with Crippen LogP contribution < -0.4 is 10.6 Å². The zero-order valence-electron chi connectivity index (χ0n) is 22.4. The van der Waals surface area contributed by atoms with Crippen LogP contribution in [0.4, 0.5) is 0 Å². The highest BCUT2D eigenvalue weighted by molar-refractivity contribution is 7.99. The molecule has 3 bridgehead atoms. The lowest BCUT2D eigenvalue weighted by Gasteiger charge is -2.49. The number of carbonyl (C=O) groups excluding carboxylic acids is 3. The van der Waals surface area contributed by atoms with Crippen molar-refractivity contribution < 1.29 is 14.4 Å². The molecule has 1 saturated heterocycles. The van der Waals surface area contributed by atoms with Crippen LogP contribution >= 0.6 is 11.8 Å². The fraction of sp³-hybridized carbons (Fsp3) is 0.710. The molecule has 6 nitrogen and oxygen atoms in total. The molecular weight excluding hydrogens is 494 g/mol. The number of amides is 3. The number of nitrogens with one attached hydrogen (secondary N) is 2. The summed E-state index contributed by atoms with van der Waals surface area (Å²) in [5.74, 6) is 3.57. The minimum atomic E-state index is -0.545. The van der Waals surface area contributed by atoms with Gasteiger partial charge in [-0.3, -0.25) is 19.7 Å². The van der Waals surface area contributed by atoms with Crippen molar-refractivity contribution in [2.45, 2.75) is 106 Å². The minimum absolute atomic E-state index is 0.0971. The van der Waals surface area contributed by atoms with Gasteiger partial charge in [0.15, 0.2) is 0 Å². The number of thioether (sulfide) groups is 1. The van der Waals surface area contributed by atoms with Crippen molar-refractivity contribution >= 4 is 29.5 Å². The smallest absolute Gasteiger partial charge is 0.255 e. The van der Waals surface area contributed by atoms with E-state index in [1.807, 2.05) is 23.9 Å². The van der Waals surface area contributed by atoms with Crippen LogP contribution in [0, 0.1) is 23.2 Å². The summed E-state index contributed by atoms with van der Waals surface area (Å²) in [7, 11) is 0. The van der Waals surface area contributed by atoms with E-state index in [1.54, 1.807) is 24.2 Å². The average molecular weight is 536 g/mol. The van der Waals surface area contributed by atoms with Crippen LogP contribution in [-0.4, -0.2) is 46.5 Å². The molecule has 0 radical (unpaired) electrons. The van der Waals surface area contributed by atoms with E-state index in [4.69, 9.17) is 0 Å². The summed E-state index contributed by atoms with van der Waals surface area (Å²) in [5.41, 5.74) is 2.98. The van der Waals surface area contributed by atoms with Crippen LogP contribution in [0.1, 0.15) is 99.4 Å². The highest BCUT2D eigenvalue weighted by Crippen LogP contribution is 2.76. The summed E-state index contributed by atoms with van der Waals surface area (Å²) in [6.45, 7) is 1.66. The first kappa shape index (κ1) is 25.1. The fourth-order valence-electron chi connectivity index (χ4n) is 9.51. The first-order valence-corrected chi connectivity index (χ1v) is 16.1. The molecule has 5 fully saturated rings. The standard InChI is InChI=1S/C31H41N3O3S/c35-27-9-8-26(28(36)33-27)34-18-21-13-24(6-7-25(21)29(34)37)38-11-5-3-1-2-4-10-32-30-15-20-12-22-14-23(17-30)31(22,16-20)19-30/h6-7,13,20,22-23,26,32H,1-5,8-12,14-19H2,(H,33,35,36). The fourth-order valence-corrected chi connectivity index (χ4v) is 10.5. The van der Waals surface area contributed by atoms with E-state index in [0.29, 0.717) is 24.1 Å². The third-order valence-corrected chi connectivity index (χ3v) is 12.1. The SMILES string of the molecule is O=C1CCC(N2Cc3cc(SCCCCCCCNC45CC6CC7CC(C4)C7(C6)C5)ccc3C2=O)C(=O)N1. The van der Waals surface area contributed by atoms with Gasteiger partial charge in [0.1, 0.15) is 6.04 Å². The first-order valence-electron chi connectivity index (χ1n) is 15.1. The highest BCUT2D eigenvalue weighted by Gasteiger charge is 2.70. The number of hydrogen-bond donors (Lipinski definition) is 2. The first-order chi connectivity index (χ1) is 18.4. The van der Waals surface area contributed by atoms with Crippen molar-refractivity contribution in [2.75, 3.05) is 12.3 Å². The third-order valence-electron chi connectivity index (χ3n) is 11.1. The summed E-state index contributed by atoms with van der Waals surface area (Å²) >= 11 is 1.86. The number of hydrogen-bond acceptors (Lipinski definition) is 5. The topological polar surface area (TPSA) is 78.5 Å². The molecule has 7 rings (SSSR count). The van der Waals surface area contributed by atoms with E-state index in [2.05, 4.69) is 16.7 Å². The average Bonchev–Trinajstić information content (AvgIpc) is 3.38. The number of benzene rings is 1. The van der Waals surface area contributed by atoms with E-state index in [9.17, 15) is 14.4 Å². The molecule has 6 unspecified atom stereocenters. The molecule has 7 heteroatoms. The number of fused-ring (bicyclic) bond motifs is 3. The molecule has 4 saturated carbocycles. The predicted molar refractivity (Wildman–Crippen MR) is 148 cm³/mol. The Hall–Kier alpha value is -1.86. The van der Waals surface area contributed by atoms with Gasteiger partial charge in [-0.15, -0.1) is 11.8 Å². The monoisotopic (exact) mass is 535 g/mol. The van der Waals surface area contributed by atoms with Gasteiger partial charge in [-0.05, 0) is 117 Å². The molecule has 38 heavy (non-hydrogen) atoms. The lowest BCUT2D eigenvalue weighted by atomic mass is 9.56. The quantitative estimate of drug-likeness (QED) is 0.236. The maximum absolute atomic E-state index is 12.9. The molecule has 204 valence electrons. The second kappa shape index (κ2) is 9.65. The second-order valence-corrected chi connectivity index (χ2v) is 14.5. The summed E-state index contributed by atoms with van der Waals surface area (Å²) < 4.78 is 0. The molecule has 1 aromatic carbocycles. The van der Waals surface area contributed by atoms with E-state index < -0.39 is 6.04 Å². The number of carbonyl (C=O) groups is 3. The molecule has 2 N–H and O–H groups in total. The van der Waals surface area contributed by atoms with Gasteiger partial charge in [-0.2, -0.15) is 0 Å². The second-order valence-electron chi connectivity index (χ2n) is 13.3. The third kappa shape index (κ3) is 4.23. The zero-order chi connectivity index (χ0) is 25.9. The molecule has 1 spiro atoms. The van der Waals surface area contributed by atoms with Crippen molar-refractivity contribution in [1.82, 2.24) is 15.5 Å². The maximum atomic E-state index is 12.9. The number of unbranched alkanes of at least 4 members (excludes halogenated alkanes) is 4. The summed E-state index contributed by atoms with van der Waals surface area (Å²) in [6.07, 6.45) is 16.2. The molecule has 6 aliphatic rings. The Bertz CT molecular complexity index is 1150. The van der Waals surface area contributed by atoms with Gasteiger partial charge in [-0.25, -0.2) is 0 Å². The van der Waals surface area contributed by atoms with Crippen LogP contribution in [-0.2, 0) is 16.1 Å². The van der Waals surface area contributed by atoms with Gasteiger partial charge in [0.05, 0.1) is 0 Å². The molecule has 4 aliphatic carbocycles. The lowest BCUT2D eigenvalue weighted by Crippen LogP contribution is -2.52. The van der Waals surface area contributed by atoms with Crippen LogP contribution in [0.5, 0.6) is 0 Å². The number of rotatable bonds is 11. The van der Waals surface area contributed by atoms with E-state index in [1.165, 1.54) is 62.8 Å². The number of imide groups is 1. The van der Waals surface area contributed by atoms with Gasteiger partial charge in [-0.1, -0.05) is 19.3 Å². The Morgan fingerprint density at radius 2 is 1.87 bits per heavy atom. The van der Waals surface area contributed by atoms with E-state index in [-0.39, 0.29) is 24.1 Å². The van der Waals surface area contributed by atoms with Gasteiger partial charge in [0.2, 0.25) is 11.8 Å². The summed E-state index contributed by atoms with van der Waals surface area (Å²) in [5, 5.41) is 6.46. The van der Waals surface area contributed by atoms with Gasteiger partial charge < -0.3 is 10.2 Å². The Morgan fingerprint density at radius 1 is 1.00 bits per heavy atom. The van der Waals surface area contributed by atoms with Crippen LogP contribution in [0.3, 0.4) is 0 Å². The van der Waals surface area contributed by atoms with Crippen LogP contribution in [0.2, 0.25) is 0 Å². The number of piperidine rings is 1. The molecule has 3 amide bonds. The zero-order valence-corrected chi connectivity index (χ0v) is 23.3. The highest BCUT2D eigenvalue weighted by atomic mass is 32.2. The molecule has 2 aliphatic heterocycles. The molecular formula is C31H41N3O3S. The Kier molecular flexibility index (Phi) is 6.38. The summed E-state index contributed by atoms with van der Waals surface area (Å²) in [6, 6.07) is 5.51. The Balaban J connectivity index is 0.797. The van der Waals surface area contributed by atoms with E-state index >= 15 is 0 Å². The van der Waals surface area contributed by atoms with Gasteiger partial charge in [0, 0.05) is 29.0 Å². The van der Waals surface area contributed by atoms with E-state index in [0.717, 1.165) is 34.5 Å². The van der Waals surface area contributed by atoms with Crippen molar-refractivity contribution in [2.24, 2.45) is 23.2 Å². The van der Waals surface area contributed by atoms with Crippen molar-refractivity contribution in [1.29, 1.82) is 0 Å². The number of nitrogens with zero attached hydrogens (tertiary/aromatic N) is 1. The van der Waals surface area contributed by atoms with Crippen LogP contribution in [0.15, 0.2) is 23.1 Å². The van der Waals surface area contributed by atoms with Crippen molar-refractivity contribution in [3.63, 3.8) is 0 Å². The largest absolute Gasteiger partial charge is 0.322 e. The normalized spacial score (nSPS) is 36.4. The molecule has 6 atom stereocenters. The van der Waals surface area contributed by atoms with Gasteiger partial charge >= 0.3 is 0 Å². The molecule has 0 aromatic heterocycles.